The molecule has 0 aliphatic heterocycles. The average molecular weight is 294 g/mol. The fourth-order valence-electron chi connectivity index (χ4n) is 1.18. The van der Waals surface area contributed by atoms with E-state index < -0.39 is 30.9 Å². The standard InChI is InChI=1S/C11H10F4N2O3/c12-9(13)11(14,15)5-16-10(20)17-7-3-1-2-6(4-7)8(18)19/h1-4,9H,5H2,(H,18,19)(H2,16,17,20). The largest absolute Gasteiger partial charge is 0.478 e. The summed E-state index contributed by atoms with van der Waals surface area (Å²) < 4.78 is 48.8. The van der Waals surface area contributed by atoms with Crippen LogP contribution in [0, 0.1) is 0 Å². The maximum absolute atomic E-state index is 12.5. The fourth-order valence-corrected chi connectivity index (χ4v) is 1.18. The molecule has 0 aliphatic carbocycles. The molecule has 0 saturated heterocycles. The van der Waals surface area contributed by atoms with Gasteiger partial charge in [-0.25, -0.2) is 18.4 Å². The lowest BCUT2D eigenvalue weighted by Gasteiger charge is -2.16. The summed E-state index contributed by atoms with van der Waals surface area (Å²) in [5, 5.41) is 12.3. The molecule has 0 fully saturated rings. The van der Waals surface area contributed by atoms with Crippen molar-refractivity contribution in [1.29, 1.82) is 0 Å². The second kappa shape index (κ2) is 6.22. The summed E-state index contributed by atoms with van der Waals surface area (Å²) in [6.07, 6.45) is -3.89. The van der Waals surface area contributed by atoms with E-state index in [2.05, 4.69) is 5.32 Å². The molecule has 20 heavy (non-hydrogen) atoms. The van der Waals surface area contributed by atoms with Crippen molar-refractivity contribution in [2.75, 3.05) is 11.9 Å². The number of amides is 2. The lowest BCUT2D eigenvalue weighted by molar-refractivity contribution is -0.123. The third-order valence-corrected chi connectivity index (χ3v) is 2.17. The molecule has 0 unspecified atom stereocenters. The number of rotatable bonds is 5. The molecule has 1 rings (SSSR count). The number of aromatic carboxylic acids is 1. The first-order valence-electron chi connectivity index (χ1n) is 5.26. The first-order chi connectivity index (χ1) is 9.22. The van der Waals surface area contributed by atoms with Crippen molar-refractivity contribution in [3.8, 4) is 0 Å². The van der Waals surface area contributed by atoms with E-state index in [0.717, 1.165) is 6.07 Å². The number of anilines is 1. The SMILES string of the molecule is O=C(NCC(F)(F)C(F)F)Nc1cccc(C(=O)O)c1. The number of nitrogens with one attached hydrogen (secondary N) is 2. The van der Waals surface area contributed by atoms with Crippen molar-refractivity contribution in [1.82, 2.24) is 5.32 Å². The Balaban J connectivity index is 2.59. The maximum Gasteiger partial charge on any atom is 0.335 e. The number of alkyl halides is 4. The second-order valence-corrected chi connectivity index (χ2v) is 3.76. The van der Waals surface area contributed by atoms with Gasteiger partial charge in [-0.3, -0.25) is 0 Å². The molecular weight excluding hydrogens is 284 g/mol. The molecule has 2 amide bonds. The van der Waals surface area contributed by atoms with Crippen LogP contribution in [0.1, 0.15) is 10.4 Å². The summed E-state index contributed by atoms with van der Waals surface area (Å²) in [6, 6.07) is 3.85. The van der Waals surface area contributed by atoms with Crippen LogP contribution >= 0.6 is 0 Å². The molecular formula is C11H10F4N2O3. The zero-order chi connectivity index (χ0) is 15.3. The van der Waals surface area contributed by atoms with E-state index in [1.54, 1.807) is 5.32 Å². The van der Waals surface area contributed by atoms with Gasteiger partial charge in [0.1, 0.15) is 0 Å². The average Bonchev–Trinajstić information content (AvgIpc) is 2.36. The quantitative estimate of drug-likeness (QED) is 0.730. The third-order valence-electron chi connectivity index (χ3n) is 2.17. The monoisotopic (exact) mass is 294 g/mol. The molecule has 0 heterocycles. The van der Waals surface area contributed by atoms with Gasteiger partial charge in [-0.2, -0.15) is 8.78 Å². The Hall–Kier alpha value is -2.32. The lowest BCUT2D eigenvalue weighted by atomic mass is 10.2. The van der Waals surface area contributed by atoms with Gasteiger partial charge in [-0.1, -0.05) is 6.07 Å². The molecule has 0 spiro atoms. The zero-order valence-corrected chi connectivity index (χ0v) is 9.87. The van der Waals surface area contributed by atoms with Crippen LogP contribution < -0.4 is 10.6 Å². The van der Waals surface area contributed by atoms with Crippen LogP contribution in [0.15, 0.2) is 24.3 Å². The molecule has 1 aromatic carbocycles. The maximum atomic E-state index is 12.5. The van der Waals surface area contributed by atoms with Crippen LogP contribution in [-0.2, 0) is 0 Å². The number of hydrogen-bond donors (Lipinski definition) is 3. The van der Waals surface area contributed by atoms with Crippen molar-refractivity contribution in [3.63, 3.8) is 0 Å². The van der Waals surface area contributed by atoms with Crippen molar-refractivity contribution in [2.24, 2.45) is 0 Å². The van der Waals surface area contributed by atoms with Crippen molar-refractivity contribution < 1.29 is 32.3 Å². The second-order valence-electron chi connectivity index (χ2n) is 3.76. The predicted molar refractivity (Wildman–Crippen MR) is 61.4 cm³/mol. The van der Waals surface area contributed by atoms with Gasteiger partial charge < -0.3 is 15.7 Å². The highest BCUT2D eigenvalue weighted by atomic mass is 19.3. The molecule has 0 atom stereocenters. The Morgan fingerprint density at radius 1 is 1.30 bits per heavy atom. The highest BCUT2D eigenvalue weighted by Gasteiger charge is 2.40. The molecule has 0 bridgehead atoms. The summed E-state index contributed by atoms with van der Waals surface area (Å²) in [6.45, 7) is -1.53. The van der Waals surface area contributed by atoms with E-state index in [4.69, 9.17) is 5.11 Å². The number of carbonyl (C=O) groups excluding carboxylic acids is 1. The Morgan fingerprint density at radius 3 is 2.50 bits per heavy atom. The van der Waals surface area contributed by atoms with Crippen LogP contribution in [0.3, 0.4) is 0 Å². The van der Waals surface area contributed by atoms with Crippen LogP contribution in [0.4, 0.5) is 28.0 Å². The third kappa shape index (κ3) is 4.41. The van der Waals surface area contributed by atoms with Crippen LogP contribution in [0.25, 0.3) is 0 Å². The molecule has 0 aliphatic rings. The molecule has 5 nitrogen and oxygen atoms in total. The summed E-state index contributed by atoms with van der Waals surface area (Å²) in [4.78, 5) is 21.9. The zero-order valence-electron chi connectivity index (χ0n) is 9.87. The van der Waals surface area contributed by atoms with E-state index in [9.17, 15) is 27.2 Å². The van der Waals surface area contributed by atoms with E-state index in [-0.39, 0.29) is 11.3 Å². The van der Waals surface area contributed by atoms with E-state index in [1.165, 1.54) is 18.2 Å². The molecule has 110 valence electrons. The van der Waals surface area contributed by atoms with Gasteiger partial charge in [-0.15, -0.1) is 0 Å². The van der Waals surface area contributed by atoms with Crippen molar-refractivity contribution in [3.05, 3.63) is 29.8 Å². The molecule has 1 aromatic rings. The molecule has 9 heteroatoms. The van der Waals surface area contributed by atoms with E-state index in [1.807, 2.05) is 0 Å². The number of halogens is 4. The number of urea groups is 1. The minimum absolute atomic E-state index is 0.0303. The Kier molecular flexibility index (Phi) is 4.89. The minimum atomic E-state index is -4.33. The highest BCUT2D eigenvalue weighted by Crippen LogP contribution is 2.21. The molecule has 0 saturated carbocycles. The summed E-state index contributed by atoms with van der Waals surface area (Å²) >= 11 is 0. The molecule has 0 aromatic heterocycles. The number of carboxylic acids is 1. The van der Waals surface area contributed by atoms with Crippen LogP contribution in [0.5, 0.6) is 0 Å². The Labute approximate surface area is 110 Å². The van der Waals surface area contributed by atoms with Crippen molar-refractivity contribution >= 4 is 17.7 Å². The summed E-state index contributed by atoms with van der Waals surface area (Å²) in [5.74, 6) is -5.57. The lowest BCUT2D eigenvalue weighted by Crippen LogP contribution is -2.42. The summed E-state index contributed by atoms with van der Waals surface area (Å²) in [5.41, 5.74) is -0.0940. The van der Waals surface area contributed by atoms with Gasteiger partial charge in [-0.05, 0) is 18.2 Å². The van der Waals surface area contributed by atoms with Gasteiger partial charge in [0.25, 0.3) is 0 Å². The minimum Gasteiger partial charge on any atom is -0.478 e. The number of carboxylic acid groups (broad SMARTS) is 1. The first kappa shape index (κ1) is 15.7. The topological polar surface area (TPSA) is 78.4 Å². The molecule has 0 radical (unpaired) electrons. The van der Waals surface area contributed by atoms with E-state index in [0.29, 0.717) is 0 Å². The van der Waals surface area contributed by atoms with Gasteiger partial charge in [0, 0.05) is 5.69 Å². The smallest absolute Gasteiger partial charge is 0.335 e. The number of hydrogen-bond acceptors (Lipinski definition) is 2. The Morgan fingerprint density at radius 2 is 1.95 bits per heavy atom. The number of carbonyl (C=O) groups is 2. The normalized spacial score (nSPS) is 11.2. The van der Waals surface area contributed by atoms with Crippen molar-refractivity contribution in [2.45, 2.75) is 12.3 Å². The summed E-state index contributed by atoms with van der Waals surface area (Å²) in [7, 11) is 0. The Bertz CT molecular complexity index is 508. The molecule has 3 N–H and O–H groups in total. The first-order valence-corrected chi connectivity index (χ1v) is 5.26. The van der Waals surface area contributed by atoms with Crippen LogP contribution in [-0.4, -0.2) is 36.0 Å². The fraction of sp³-hybridized carbons (Fsp3) is 0.273. The number of benzene rings is 1. The predicted octanol–water partition coefficient (Wildman–Crippen LogP) is 2.41. The van der Waals surface area contributed by atoms with Crippen LogP contribution in [0.2, 0.25) is 0 Å². The van der Waals surface area contributed by atoms with Gasteiger partial charge in [0.2, 0.25) is 0 Å². The highest BCUT2D eigenvalue weighted by molar-refractivity contribution is 5.93. The van der Waals surface area contributed by atoms with Gasteiger partial charge >= 0.3 is 24.3 Å². The van der Waals surface area contributed by atoms with E-state index >= 15 is 0 Å². The van der Waals surface area contributed by atoms with Gasteiger partial charge in [0.05, 0.1) is 12.1 Å². The van der Waals surface area contributed by atoms with Gasteiger partial charge in [0.15, 0.2) is 0 Å².